The van der Waals surface area contributed by atoms with Crippen molar-refractivity contribution in [3.8, 4) is 0 Å². The molecule has 0 radical (unpaired) electrons. The molecule has 1 aliphatic rings. The molecule has 0 spiro atoms. The number of para-hydroxylation sites is 1. The predicted molar refractivity (Wildman–Crippen MR) is 101 cm³/mol. The number of halogens is 1. The van der Waals surface area contributed by atoms with Gasteiger partial charge in [0.05, 0.1) is 29.2 Å². The molecule has 2 aromatic rings. The van der Waals surface area contributed by atoms with Gasteiger partial charge in [-0.2, -0.15) is 0 Å². The number of benzene rings is 2. The number of hydrogen-bond acceptors (Lipinski definition) is 7. The lowest BCUT2D eigenvalue weighted by atomic mass is 9.84. The number of hydrogen-bond donors (Lipinski definition) is 1. The average Bonchev–Trinajstić information content (AvgIpc) is 3.15. The van der Waals surface area contributed by atoms with Crippen LogP contribution in [0.15, 0.2) is 53.7 Å². The number of carbonyl (C=O) groups excluding carboxylic acids is 1. The zero-order chi connectivity index (χ0) is 20.3. The van der Waals surface area contributed by atoms with Gasteiger partial charge in [-0.3, -0.25) is 10.1 Å². The molecular weight excluding hydrogens is 388 g/mol. The van der Waals surface area contributed by atoms with E-state index in [0.717, 1.165) is 0 Å². The fraction of sp³-hybridized carbons (Fsp3) is 0.263. The number of nitrogens with zero attached hydrogens (tertiary/aromatic N) is 2. The summed E-state index contributed by atoms with van der Waals surface area (Å²) in [6.07, 6.45) is -1.79. The number of nitro groups is 1. The van der Waals surface area contributed by atoms with Crippen molar-refractivity contribution in [2.45, 2.75) is 25.0 Å². The van der Waals surface area contributed by atoms with Crippen LogP contribution in [0.3, 0.4) is 0 Å². The smallest absolute Gasteiger partial charge is 0.356 e. The van der Waals surface area contributed by atoms with Crippen LogP contribution in [0.1, 0.15) is 30.6 Å². The van der Waals surface area contributed by atoms with Crippen molar-refractivity contribution in [3.63, 3.8) is 0 Å². The number of rotatable bonds is 6. The van der Waals surface area contributed by atoms with Crippen LogP contribution in [0.4, 0.5) is 5.69 Å². The second-order valence-corrected chi connectivity index (χ2v) is 6.58. The largest absolute Gasteiger partial charge is 0.463 e. The lowest BCUT2D eigenvalue weighted by Crippen LogP contribution is -2.46. The normalized spacial score (nSPS) is 19.5. The molecule has 0 saturated heterocycles. The van der Waals surface area contributed by atoms with Gasteiger partial charge in [0.15, 0.2) is 0 Å². The summed E-state index contributed by atoms with van der Waals surface area (Å²) in [7, 11) is 0. The highest BCUT2D eigenvalue weighted by Gasteiger charge is 2.56. The third-order valence-corrected chi connectivity index (χ3v) is 4.67. The maximum Gasteiger partial charge on any atom is 0.356 e. The molecule has 1 aliphatic heterocycles. The SMILES string of the molecule is CCOC(=O)[C@@]1([C@H](O)c2ccccc2[N+](=O)[O-])CC(c2ccc(Cl)cc2)=NO1. The zero-order valence-corrected chi connectivity index (χ0v) is 15.6. The highest BCUT2D eigenvalue weighted by atomic mass is 35.5. The molecule has 0 fully saturated rings. The van der Waals surface area contributed by atoms with Gasteiger partial charge in [-0.05, 0) is 30.7 Å². The Morgan fingerprint density at radius 2 is 2.04 bits per heavy atom. The van der Waals surface area contributed by atoms with Crippen molar-refractivity contribution in [1.82, 2.24) is 0 Å². The Balaban J connectivity index is 2.00. The first-order valence-electron chi connectivity index (χ1n) is 8.48. The fourth-order valence-corrected chi connectivity index (χ4v) is 3.13. The Labute approximate surface area is 165 Å². The molecule has 2 atom stereocenters. The summed E-state index contributed by atoms with van der Waals surface area (Å²) in [5, 5.41) is 26.8. The summed E-state index contributed by atoms with van der Waals surface area (Å²) in [5.74, 6) is -0.853. The molecule has 1 N–H and O–H groups in total. The van der Waals surface area contributed by atoms with Crippen molar-refractivity contribution in [1.29, 1.82) is 0 Å². The summed E-state index contributed by atoms with van der Waals surface area (Å²) in [6.45, 7) is 1.66. The lowest BCUT2D eigenvalue weighted by Gasteiger charge is -2.29. The molecule has 146 valence electrons. The predicted octanol–water partition coefficient (Wildman–Crippen LogP) is 3.41. The quantitative estimate of drug-likeness (QED) is 0.448. The Morgan fingerprint density at radius 3 is 2.68 bits per heavy atom. The molecule has 0 aliphatic carbocycles. The molecule has 28 heavy (non-hydrogen) atoms. The summed E-state index contributed by atoms with van der Waals surface area (Å²) < 4.78 is 5.09. The second-order valence-electron chi connectivity index (χ2n) is 6.14. The minimum atomic E-state index is -1.93. The topological polar surface area (TPSA) is 111 Å². The number of aliphatic hydroxyl groups is 1. The number of oxime groups is 1. The van der Waals surface area contributed by atoms with Crippen molar-refractivity contribution in [2.24, 2.45) is 5.16 Å². The Hall–Kier alpha value is -2.97. The number of nitro benzene ring substituents is 1. The van der Waals surface area contributed by atoms with E-state index >= 15 is 0 Å². The summed E-state index contributed by atoms with van der Waals surface area (Å²) in [5.41, 5.74) is -1.29. The molecule has 2 aromatic carbocycles. The van der Waals surface area contributed by atoms with Gasteiger partial charge in [0.25, 0.3) is 11.3 Å². The average molecular weight is 405 g/mol. The highest BCUT2D eigenvalue weighted by molar-refractivity contribution is 6.30. The van der Waals surface area contributed by atoms with Crippen LogP contribution in [0.2, 0.25) is 5.02 Å². The summed E-state index contributed by atoms with van der Waals surface area (Å²) in [6, 6.07) is 12.3. The van der Waals surface area contributed by atoms with E-state index in [1.807, 2.05) is 0 Å². The van der Waals surface area contributed by atoms with E-state index in [1.54, 1.807) is 31.2 Å². The van der Waals surface area contributed by atoms with Crippen LogP contribution in [0.25, 0.3) is 0 Å². The van der Waals surface area contributed by atoms with Crippen molar-refractivity contribution in [3.05, 3.63) is 74.8 Å². The molecule has 0 bridgehead atoms. The summed E-state index contributed by atoms with van der Waals surface area (Å²) >= 11 is 5.89. The second kappa shape index (κ2) is 7.95. The van der Waals surface area contributed by atoms with Gasteiger partial charge in [0, 0.05) is 11.1 Å². The van der Waals surface area contributed by atoms with Crippen molar-refractivity contribution < 1.29 is 24.4 Å². The molecule has 0 unspecified atom stereocenters. The fourth-order valence-electron chi connectivity index (χ4n) is 3.00. The molecule has 0 saturated carbocycles. The highest BCUT2D eigenvalue weighted by Crippen LogP contribution is 2.41. The first kappa shape index (κ1) is 19.8. The number of ether oxygens (including phenoxy) is 1. The molecule has 0 aromatic heterocycles. The maximum atomic E-state index is 12.7. The van der Waals surface area contributed by atoms with Crippen LogP contribution < -0.4 is 0 Å². The van der Waals surface area contributed by atoms with Crippen molar-refractivity contribution in [2.75, 3.05) is 6.61 Å². The first-order valence-corrected chi connectivity index (χ1v) is 8.86. The molecule has 8 nitrogen and oxygen atoms in total. The third-order valence-electron chi connectivity index (χ3n) is 4.42. The zero-order valence-electron chi connectivity index (χ0n) is 14.9. The molecule has 9 heteroatoms. The molecular formula is C19H17ClN2O6. The Kier molecular flexibility index (Phi) is 5.62. The van der Waals surface area contributed by atoms with Crippen LogP contribution in [0.5, 0.6) is 0 Å². The van der Waals surface area contributed by atoms with Crippen LogP contribution in [0, 0.1) is 10.1 Å². The van der Waals surface area contributed by atoms with Gasteiger partial charge in [0.1, 0.15) is 6.10 Å². The van der Waals surface area contributed by atoms with E-state index < -0.39 is 22.6 Å². The number of carbonyl (C=O) groups is 1. The van der Waals surface area contributed by atoms with Gasteiger partial charge < -0.3 is 14.7 Å². The van der Waals surface area contributed by atoms with Gasteiger partial charge >= 0.3 is 5.97 Å². The van der Waals surface area contributed by atoms with E-state index in [-0.39, 0.29) is 24.3 Å². The monoisotopic (exact) mass is 404 g/mol. The molecule has 0 amide bonds. The minimum Gasteiger partial charge on any atom is -0.463 e. The number of aliphatic hydroxyl groups excluding tert-OH is 1. The van der Waals surface area contributed by atoms with E-state index in [9.17, 15) is 20.0 Å². The maximum absolute atomic E-state index is 12.7. The standard InChI is InChI=1S/C19H17ClN2O6/c1-2-27-18(24)19(17(23)14-5-3-4-6-16(14)22(25)26)11-15(21-28-19)12-7-9-13(20)10-8-12/h3-10,17,23H,2,11H2,1H3/t17-,19+/m1/s1. The van der Waals surface area contributed by atoms with E-state index in [1.165, 1.54) is 24.3 Å². The molecule has 1 heterocycles. The van der Waals surface area contributed by atoms with Gasteiger partial charge in [-0.25, -0.2) is 4.79 Å². The van der Waals surface area contributed by atoms with Gasteiger partial charge in [-0.1, -0.05) is 41.0 Å². The Bertz CT molecular complexity index is 930. The van der Waals surface area contributed by atoms with Crippen LogP contribution in [-0.4, -0.2) is 33.9 Å². The van der Waals surface area contributed by atoms with Crippen LogP contribution >= 0.6 is 11.6 Å². The van der Waals surface area contributed by atoms with Crippen molar-refractivity contribution >= 4 is 29.0 Å². The van der Waals surface area contributed by atoms with E-state index in [4.69, 9.17) is 21.2 Å². The van der Waals surface area contributed by atoms with Crippen LogP contribution in [-0.2, 0) is 14.4 Å². The summed E-state index contributed by atoms with van der Waals surface area (Å²) in [4.78, 5) is 28.9. The molecule has 3 rings (SSSR count). The van der Waals surface area contributed by atoms with E-state index in [0.29, 0.717) is 16.3 Å². The van der Waals surface area contributed by atoms with Gasteiger partial charge in [-0.15, -0.1) is 0 Å². The third kappa shape index (κ3) is 3.56. The van der Waals surface area contributed by atoms with E-state index in [2.05, 4.69) is 5.16 Å². The Morgan fingerprint density at radius 1 is 1.36 bits per heavy atom. The van der Waals surface area contributed by atoms with Gasteiger partial charge in [0.2, 0.25) is 0 Å². The number of esters is 1. The lowest BCUT2D eigenvalue weighted by molar-refractivity contribution is -0.386. The first-order chi connectivity index (χ1) is 13.4. The minimum absolute atomic E-state index is 0.0455.